The van der Waals surface area contributed by atoms with E-state index in [4.69, 9.17) is 39.5 Å². The van der Waals surface area contributed by atoms with Crippen molar-refractivity contribution in [3.63, 3.8) is 0 Å². The summed E-state index contributed by atoms with van der Waals surface area (Å²) in [4.78, 5) is 2.31. The van der Waals surface area contributed by atoms with Crippen LogP contribution >= 0.6 is 34.8 Å². The molecule has 0 aliphatic carbocycles. The minimum Gasteiger partial charge on any atom is -0.494 e. The molecule has 0 unspecified atom stereocenters. The molecule has 0 radical (unpaired) electrons. The smallest absolute Gasteiger partial charge is 0.107 e. The third kappa shape index (κ3) is 1.77. The zero-order valence-electron chi connectivity index (χ0n) is 10.1. The summed E-state index contributed by atoms with van der Waals surface area (Å²) >= 11 is 18.2. The highest BCUT2D eigenvalue weighted by Crippen LogP contribution is 2.47. The molecule has 0 spiro atoms. The van der Waals surface area contributed by atoms with Crippen LogP contribution in [0.1, 0.15) is 12.8 Å². The first-order valence-electron chi connectivity index (χ1n) is 6.41. The summed E-state index contributed by atoms with van der Waals surface area (Å²) < 4.78 is 5.87. The minimum atomic E-state index is 0.397. The highest BCUT2D eigenvalue weighted by Gasteiger charge is 2.46. The number of hydrogen-bond donors (Lipinski definition) is 0. The number of nitrogens with zero attached hydrogens (tertiary/aromatic N) is 1. The molecule has 2 bridgehead atoms. The topological polar surface area (TPSA) is 12.5 Å². The first kappa shape index (κ1) is 12.2. The average molecular weight is 317 g/mol. The van der Waals surface area contributed by atoms with Crippen molar-refractivity contribution < 1.29 is 4.74 Å². The largest absolute Gasteiger partial charge is 0.494 e. The van der Waals surface area contributed by atoms with Crippen LogP contribution in [0.4, 0.5) is 5.69 Å². The highest BCUT2D eigenvalue weighted by molar-refractivity contribution is 6.48. The van der Waals surface area contributed by atoms with Gasteiger partial charge in [0.1, 0.15) is 6.10 Å². The van der Waals surface area contributed by atoms with Crippen molar-refractivity contribution in [2.45, 2.75) is 18.9 Å². The van der Waals surface area contributed by atoms with Gasteiger partial charge >= 0.3 is 0 Å². The predicted octanol–water partition coefficient (Wildman–Crippen LogP) is 4.53. The maximum Gasteiger partial charge on any atom is 0.107 e. The van der Waals surface area contributed by atoms with E-state index < -0.39 is 0 Å². The molecule has 100 valence electrons. The molecule has 0 saturated carbocycles. The zero-order chi connectivity index (χ0) is 13.1. The SMILES string of the molecule is Clc1cc(N2CC3=C4CC[C@H](O4)[C@@H]3C2)cc(Cl)c1Cl. The fourth-order valence-corrected chi connectivity index (χ4v) is 3.97. The summed E-state index contributed by atoms with van der Waals surface area (Å²) in [6, 6.07) is 3.79. The molecular formula is C14H12Cl3NO. The van der Waals surface area contributed by atoms with Gasteiger partial charge in [0.05, 0.1) is 20.8 Å². The molecule has 3 aliphatic heterocycles. The van der Waals surface area contributed by atoms with E-state index in [1.165, 1.54) is 17.8 Å². The Bertz CT molecular complexity index is 575. The summed E-state index contributed by atoms with van der Waals surface area (Å²) in [6.07, 6.45) is 2.67. The Labute approximate surface area is 126 Å². The number of fused-ring (bicyclic) bond motifs is 4. The van der Waals surface area contributed by atoms with Crippen molar-refractivity contribution in [1.29, 1.82) is 0 Å². The fraction of sp³-hybridized carbons (Fsp3) is 0.429. The van der Waals surface area contributed by atoms with Crippen LogP contribution in [0, 0.1) is 5.92 Å². The van der Waals surface area contributed by atoms with Crippen LogP contribution in [-0.2, 0) is 4.74 Å². The number of hydrogen-bond acceptors (Lipinski definition) is 2. The van der Waals surface area contributed by atoms with Gasteiger partial charge in [-0.1, -0.05) is 34.8 Å². The molecule has 0 amide bonds. The molecule has 0 aromatic heterocycles. The first-order chi connectivity index (χ1) is 9.13. The van der Waals surface area contributed by atoms with Gasteiger partial charge in [0.25, 0.3) is 0 Å². The van der Waals surface area contributed by atoms with Gasteiger partial charge in [-0.15, -0.1) is 0 Å². The van der Waals surface area contributed by atoms with E-state index in [0.29, 0.717) is 27.1 Å². The number of anilines is 1. The van der Waals surface area contributed by atoms with Crippen molar-refractivity contribution >= 4 is 40.5 Å². The van der Waals surface area contributed by atoms with Crippen molar-refractivity contribution in [3.05, 3.63) is 38.5 Å². The molecule has 1 aromatic rings. The lowest BCUT2D eigenvalue weighted by atomic mass is 9.90. The summed E-state index contributed by atoms with van der Waals surface area (Å²) in [5.74, 6) is 1.78. The van der Waals surface area contributed by atoms with Crippen molar-refractivity contribution in [3.8, 4) is 0 Å². The molecule has 5 heteroatoms. The van der Waals surface area contributed by atoms with E-state index in [9.17, 15) is 0 Å². The Morgan fingerprint density at radius 2 is 1.89 bits per heavy atom. The molecule has 3 heterocycles. The minimum absolute atomic E-state index is 0.397. The van der Waals surface area contributed by atoms with Gasteiger partial charge < -0.3 is 9.64 Å². The summed E-state index contributed by atoms with van der Waals surface area (Å²) in [5, 5.41) is 1.45. The van der Waals surface area contributed by atoms with Gasteiger partial charge in [-0.05, 0) is 24.1 Å². The quantitative estimate of drug-likeness (QED) is 0.706. The summed E-state index contributed by atoms with van der Waals surface area (Å²) in [5.41, 5.74) is 2.51. The van der Waals surface area contributed by atoms with E-state index in [0.717, 1.165) is 25.2 Å². The first-order valence-corrected chi connectivity index (χ1v) is 7.55. The van der Waals surface area contributed by atoms with E-state index in [2.05, 4.69) is 4.90 Å². The van der Waals surface area contributed by atoms with E-state index in [-0.39, 0.29) is 0 Å². The molecule has 2 nitrogen and oxygen atoms in total. The lowest BCUT2D eigenvalue weighted by molar-refractivity contribution is 0.156. The van der Waals surface area contributed by atoms with Crippen LogP contribution in [0.25, 0.3) is 0 Å². The number of benzene rings is 1. The molecule has 2 saturated heterocycles. The van der Waals surface area contributed by atoms with Crippen molar-refractivity contribution in [1.82, 2.24) is 0 Å². The number of allylic oxidation sites excluding steroid dienone is 1. The molecule has 0 N–H and O–H groups in total. The lowest BCUT2D eigenvalue weighted by Gasteiger charge is -2.21. The number of ether oxygens (including phenoxy) is 1. The van der Waals surface area contributed by atoms with Gasteiger partial charge in [0, 0.05) is 31.1 Å². The fourth-order valence-electron chi connectivity index (χ4n) is 3.39. The molecule has 2 atom stereocenters. The van der Waals surface area contributed by atoms with Gasteiger partial charge in [-0.25, -0.2) is 0 Å². The van der Waals surface area contributed by atoms with Crippen LogP contribution in [0.2, 0.25) is 15.1 Å². The maximum atomic E-state index is 6.11. The van der Waals surface area contributed by atoms with Crippen LogP contribution in [0.3, 0.4) is 0 Å². The third-order valence-corrected chi connectivity index (χ3v) is 5.51. The Balaban J connectivity index is 1.67. The lowest BCUT2D eigenvalue weighted by Crippen LogP contribution is -2.24. The Kier molecular flexibility index (Phi) is 2.70. The third-order valence-electron chi connectivity index (χ3n) is 4.32. The Morgan fingerprint density at radius 3 is 2.58 bits per heavy atom. The second kappa shape index (κ2) is 4.21. The molecule has 2 fully saturated rings. The summed E-state index contributed by atoms with van der Waals surface area (Å²) in [7, 11) is 0. The van der Waals surface area contributed by atoms with E-state index in [1.54, 1.807) is 0 Å². The van der Waals surface area contributed by atoms with Crippen LogP contribution < -0.4 is 4.90 Å². The van der Waals surface area contributed by atoms with Gasteiger partial charge in [0.2, 0.25) is 0 Å². The summed E-state index contributed by atoms with van der Waals surface area (Å²) in [6.45, 7) is 1.91. The highest BCUT2D eigenvalue weighted by atomic mass is 35.5. The molecule has 4 rings (SSSR count). The van der Waals surface area contributed by atoms with Crippen LogP contribution in [0.15, 0.2) is 23.5 Å². The van der Waals surface area contributed by atoms with Crippen LogP contribution in [0.5, 0.6) is 0 Å². The molecule has 19 heavy (non-hydrogen) atoms. The standard InChI is InChI=1S/C14H12Cl3NO/c15-10-3-7(4-11(16)14(10)17)18-5-8-9(6-18)13-2-1-12(8)19-13/h3-4,8,12H,1-2,5-6H2/t8-,12+/m1/s1. The normalized spacial score (nSPS) is 28.1. The molecule has 1 aromatic carbocycles. The Hall–Kier alpha value is -0.570. The van der Waals surface area contributed by atoms with E-state index in [1.807, 2.05) is 12.1 Å². The van der Waals surface area contributed by atoms with E-state index >= 15 is 0 Å². The maximum absolute atomic E-state index is 6.11. The second-order valence-corrected chi connectivity index (χ2v) is 6.55. The van der Waals surface area contributed by atoms with Gasteiger partial charge in [-0.3, -0.25) is 0 Å². The molecular weight excluding hydrogens is 305 g/mol. The van der Waals surface area contributed by atoms with Gasteiger partial charge in [-0.2, -0.15) is 0 Å². The van der Waals surface area contributed by atoms with Crippen molar-refractivity contribution in [2.75, 3.05) is 18.0 Å². The van der Waals surface area contributed by atoms with Gasteiger partial charge in [0.15, 0.2) is 0 Å². The number of rotatable bonds is 1. The average Bonchev–Trinajstić information content (AvgIpc) is 3.06. The number of halogens is 3. The second-order valence-electron chi connectivity index (χ2n) is 5.35. The van der Waals surface area contributed by atoms with Crippen molar-refractivity contribution in [2.24, 2.45) is 5.92 Å². The monoisotopic (exact) mass is 315 g/mol. The molecule has 3 aliphatic rings. The Morgan fingerprint density at radius 1 is 1.16 bits per heavy atom. The zero-order valence-corrected chi connectivity index (χ0v) is 12.4. The predicted molar refractivity (Wildman–Crippen MR) is 78.3 cm³/mol. The van der Waals surface area contributed by atoms with Crippen LogP contribution in [-0.4, -0.2) is 19.2 Å².